The van der Waals surface area contributed by atoms with Gasteiger partial charge >= 0.3 is 0 Å². The Morgan fingerprint density at radius 2 is 2.00 bits per heavy atom. The molecule has 0 rings (SSSR count). The van der Waals surface area contributed by atoms with E-state index in [4.69, 9.17) is 0 Å². The van der Waals surface area contributed by atoms with Gasteiger partial charge in [-0.15, -0.1) is 0 Å². The lowest BCUT2D eigenvalue weighted by Gasteiger charge is -2.14. The molecule has 0 amide bonds. The van der Waals surface area contributed by atoms with E-state index >= 15 is 0 Å². The van der Waals surface area contributed by atoms with Gasteiger partial charge in [0.2, 0.25) is 0 Å². The second kappa shape index (κ2) is 5.84. The number of allylic oxidation sites excluding steroid dienone is 2. The minimum atomic E-state index is 0.725. The molecule has 0 aliphatic rings. The summed E-state index contributed by atoms with van der Waals surface area (Å²) in [5.41, 5.74) is 0. The maximum Gasteiger partial charge on any atom is -0.00922 e. The zero-order chi connectivity index (χ0) is 7.98. The van der Waals surface area contributed by atoms with Gasteiger partial charge in [-0.05, 0) is 30.9 Å². The Hall–Kier alpha value is 0.0900. The molecule has 1 atom stereocenters. The second-order valence-electron chi connectivity index (χ2n) is 2.95. The van der Waals surface area contributed by atoms with Crippen LogP contribution >= 0.6 is 12.6 Å². The molecule has 10 heavy (non-hydrogen) atoms. The molecular formula is C9H18S. The van der Waals surface area contributed by atoms with Crippen molar-refractivity contribution in [2.45, 2.75) is 27.2 Å². The molecule has 0 aromatic carbocycles. The maximum absolute atomic E-state index is 4.21. The summed E-state index contributed by atoms with van der Waals surface area (Å²) in [6.45, 7) is 6.59. The summed E-state index contributed by atoms with van der Waals surface area (Å²) in [5, 5.41) is 0. The Kier molecular flexibility index (Phi) is 5.90. The van der Waals surface area contributed by atoms with E-state index in [2.05, 4.69) is 45.6 Å². The Morgan fingerprint density at radius 1 is 1.40 bits per heavy atom. The Labute approximate surface area is 70.1 Å². The number of thiol groups is 1. The fourth-order valence-electron chi connectivity index (χ4n) is 1.05. The van der Waals surface area contributed by atoms with Gasteiger partial charge in [-0.2, -0.15) is 12.6 Å². The van der Waals surface area contributed by atoms with E-state index in [1.54, 1.807) is 0 Å². The van der Waals surface area contributed by atoms with Crippen LogP contribution in [0.3, 0.4) is 0 Å². The zero-order valence-corrected chi connectivity index (χ0v) is 8.07. The van der Waals surface area contributed by atoms with E-state index in [-0.39, 0.29) is 0 Å². The van der Waals surface area contributed by atoms with Crippen LogP contribution in [0.4, 0.5) is 0 Å². The summed E-state index contributed by atoms with van der Waals surface area (Å²) in [5.74, 6) is 2.47. The molecule has 0 saturated heterocycles. The zero-order valence-electron chi connectivity index (χ0n) is 7.17. The van der Waals surface area contributed by atoms with Gasteiger partial charge in [0.25, 0.3) is 0 Å². The number of hydrogen-bond acceptors (Lipinski definition) is 1. The van der Waals surface area contributed by atoms with Crippen LogP contribution < -0.4 is 0 Å². The van der Waals surface area contributed by atoms with Gasteiger partial charge in [0.1, 0.15) is 0 Å². The van der Waals surface area contributed by atoms with Crippen molar-refractivity contribution in [3.63, 3.8) is 0 Å². The Balaban J connectivity index is 3.72. The van der Waals surface area contributed by atoms with Crippen molar-refractivity contribution in [1.82, 2.24) is 0 Å². The third kappa shape index (κ3) is 3.99. The van der Waals surface area contributed by atoms with Crippen molar-refractivity contribution in [3.8, 4) is 0 Å². The van der Waals surface area contributed by atoms with E-state index in [0.29, 0.717) is 0 Å². The molecule has 0 aliphatic heterocycles. The first-order valence-electron chi connectivity index (χ1n) is 3.96. The van der Waals surface area contributed by atoms with E-state index < -0.39 is 0 Å². The number of rotatable bonds is 4. The molecule has 60 valence electrons. The lowest BCUT2D eigenvalue weighted by Crippen LogP contribution is -2.05. The van der Waals surface area contributed by atoms with Crippen molar-refractivity contribution in [2.75, 3.05) is 5.75 Å². The highest BCUT2D eigenvalue weighted by atomic mass is 32.1. The molecular weight excluding hydrogens is 140 g/mol. The molecule has 0 radical (unpaired) electrons. The van der Waals surface area contributed by atoms with Crippen molar-refractivity contribution < 1.29 is 0 Å². The first-order valence-corrected chi connectivity index (χ1v) is 4.59. The molecule has 0 nitrogen and oxygen atoms in total. The van der Waals surface area contributed by atoms with Crippen LogP contribution in [-0.2, 0) is 0 Å². The van der Waals surface area contributed by atoms with Gasteiger partial charge in [-0.3, -0.25) is 0 Å². The molecule has 0 heterocycles. The highest BCUT2D eigenvalue weighted by molar-refractivity contribution is 7.80. The largest absolute Gasteiger partial charge is 0.179 e. The molecule has 0 N–H and O–H groups in total. The van der Waals surface area contributed by atoms with Gasteiger partial charge < -0.3 is 0 Å². The predicted octanol–water partition coefficient (Wildman–Crippen LogP) is 3.15. The Morgan fingerprint density at radius 3 is 2.30 bits per heavy atom. The molecule has 0 aliphatic carbocycles. The van der Waals surface area contributed by atoms with Gasteiger partial charge in [0, 0.05) is 0 Å². The summed E-state index contributed by atoms with van der Waals surface area (Å²) in [4.78, 5) is 0. The number of hydrogen-bond donors (Lipinski definition) is 1. The first-order chi connectivity index (χ1) is 4.72. The van der Waals surface area contributed by atoms with Crippen LogP contribution in [0.1, 0.15) is 27.2 Å². The average Bonchev–Trinajstić information content (AvgIpc) is 1.87. The van der Waals surface area contributed by atoms with Crippen LogP contribution in [-0.4, -0.2) is 5.75 Å². The summed E-state index contributed by atoms with van der Waals surface area (Å²) in [6.07, 6.45) is 5.61. The normalized spacial score (nSPS) is 14.9. The average molecular weight is 158 g/mol. The fourth-order valence-corrected chi connectivity index (χ4v) is 1.35. The van der Waals surface area contributed by atoms with Gasteiger partial charge in [-0.1, -0.05) is 26.0 Å². The molecule has 1 heteroatoms. The minimum Gasteiger partial charge on any atom is -0.179 e. The van der Waals surface area contributed by atoms with Crippen molar-refractivity contribution >= 4 is 12.6 Å². The minimum absolute atomic E-state index is 0.725. The summed E-state index contributed by atoms with van der Waals surface area (Å²) in [7, 11) is 0. The predicted molar refractivity (Wildman–Crippen MR) is 51.6 cm³/mol. The summed E-state index contributed by atoms with van der Waals surface area (Å²) in [6, 6.07) is 0. The fraction of sp³-hybridized carbons (Fsp3) is 0.778. The third-order valence-corrected chi connectivity index (χ3v) is 2.02. The molecule has 0 bridgehead atoms. The van der Waals surface area contributed by atoms with E-state index in [0.717, 1.165) is 17.6 Å². The third-order valence-electron chi connectivity index (χ3n) is 1.76. The van der Waals surface area contributed by atoms with Crippen LogP contribution in [0.5, 0.6) is 0 Å². The van der Waals surface area contributed by atoms with Gasteiger partial charge in [0.15, 0.2) is 0 Å². The smallest absolute Gasteiger partial charge is 0.00922 e. The summed E-state index contributed by atoms with van der Waals surface area (Å²) >= 11 is 4.21. The molecule has 0 spiro atoms. The quantitative estimate of drug-likeness (QED) is 0.471. The highest BCUT2D eigenvalue weighted by Gasteiger charge is 2.06. The molecule has 0 saturated carbocycles. The second-order valence-corrected chi connectivity index (χ2v) is 3.39. The lowest BCUT2D eigenvalue weighted by atomic mass is 9.93. The van der Waals surface area contributed by atoms with E-state index in [1.807, 2.05) is 0 Å². The van der Waals surface area contributed by atoms with Gasteiger partial charge in [0.05, 0.1) is 0 Å². The van der Waals surface area contributed by atoms with Crippen LogP contribution in [0, 0.1) is 11.8 Å². The summed E-state index contributed by atoms with van der Waals surface area (Å²) < 4.78 is 0. The van der Waals surface area contributed by atoms with Crippen LogP contribution in [0.15, 0.2) is 12.2 Å². The van der Waals surface area contributed by atoms with Crippen LogP contribution in [0.25, 0.3) is 0 Å². The molecule has 1 unspecified atom stereocenters. The van der Waals surface area contributed by atoms with Crippen molar-refractivity contribution in [3.05, 3.63) is 12.2 Å². The molecule has 0 fully saturated rings. The van der Waals surface area contributed by atoms with E-state index in [9.17, 15) is 0 Å². The SMILES string of the molecule is C/C=C\C(CCS)C(C)C. The van der Waals surface area contributed by atoms with E-state index in [1.165, 1.54) is 6.42 Å². The van der Waals surface area contributed by atoms with Gasteiger partial charge in [-0.25, -0.2) is 0 Å². The molecule has 0 aromatic rings. The maximum atomic E-state index is 4.21. The van der Waals surface area contributed by atoms with Crippen molar-refractivity contribution in [1.29, 1.82) is 0 Å². The Bertz CT molecular complexity index is 94.9. The lowest BCUT2D eigenvalue weighted by molar-refractivity contribution is 0.456. The monoisotopic (exact) mass is 158 g/mol. The molecule has 0 aromatic heterocycles. The first kappa shape index (κ1) is 10.1. The standard InChI is InChI=1S/C9H18S/c1-4-5-9(6-7-10)8(2)3/h4-5,8-10H,6-7H2,1-3H3/b5-4-. The topological polar surface area (TPSA) is 0 Å². The van der Waals surface area contributed by atoms with Crippen molar-refractivity contribution in [2.24, 2.45) is 11.8 Å². The van der Waals surface area contributed by atoms with Crippen LogP contribution in [0.2, 0.25) is 0 Å². The highest BCUT2D eigenvalue weighted by Crippen LogP contribution is 2.16.